The van der Waals surface area contributed by atoms with Crippen molar-refractivity contribution < 1.29 is 9.59 Å². The summed E-state index contributed by atoms with van der Waals surface area (Å²) in [6, 6.07) is 9.98. The van der Waals surface area contributed by atoms with Gasteiger partial charge in [0.1, 0.15) is 0 Å². The Hall–Kier alpha value is -2.37. The molecule has 1 aromatic carbocycles. The number of rotatable bonds is 4. The molecular weight excluding hydrogens is 316 g/mol. The van der Waals surface area contributed by atoms with Crippen LogP contribution in [-0.4, -0.2) is 53.8 Å². The van der Waals surface area contributed by atoms with Gasteiger partial charge in [-0.15, -0.1) is 0 Å². The molecule has 6 nitrogen and oxygen atoms in total. The molecule has 0 aliphatic carbocycles. The number of piperidine rings is 2. The Morgan fingerprint density at radius 2 is 1.64 bits per heavy atom. The van der Waals surface area contributed by atoms with E-state index < -0.39 is 0 Å². The predicted molar refractivity (Wildman–Crippen MR) is 98.4 cm³/mol. The predicted octanol–water partition coefficient (Wildman–Crippen LogP) is 2.48. The molecule has 2 aliphatic rings. The molecule has 1 N–H and O–H groups in total. The lowest BCUT2D eigenvalue weighted by molar-refractivity contribution is -0.147. The second-order valence-corrected chi connectivity index (χ2v) is 6.54. The fraction of sp³-hybridized carbons (Fsp3) is 0.526. The zero-order valence-corrected chi connectivity index (χ0v) is 14.6. The van der Waals surface area contributed by atoms with Crippen LogP contribution in [0.15, 0.2) is 35.3 Å². The monoisotopic (exact) mass is 342 g/mol. The minimum Gasteiger partial charge on any atom is -0.343 e. The lowest BCUT2D eigenvalue weighted by atomic mass is 10.1. The van der Waals surface area contributed by atoms with Gasteiger partial charge >= 0.3 is 0 Å². The lowest BCUT2D eigenvalue weighted by Crippen LogP contribution is -2.43. The molecule has 0 bridgehead atoms. The Kier molecular flexibility index (Phi) is 6.04. The largest absolute Gasteiger partial charge is 0.343 e. The van der Waals surface area contributed by atoms with Crippen LogP contribution in [0.2, 0.25) is 0 Å². The minimum atomic E-state index is -0.0676. The molecule has 0 unspecified atom stereocenters. The highest BCUT2D eigenvalue weighted by Gasteiger charge is 2.25. The number of aliphatic imine (C=N–C) groups is 1. The van der Waals surface area contributed by atoms with E-state index in [0.717, 1.165) is 24.7 Å². The maximum atomic E-state index is 11.9. The van der Waals surface area contributed by atoms with Crippen LogP contribution in [0.5, 0.6) is 0 Å². The number of hydrogen-bond acceptors (Lipinski definition) is 3. The van der Waals surface area contributed by atoms with Gasteiger partial charge in [-0.3, -0.25) is 19.5 Å². The summed E-state index contributed by atoms with van der Waals surface area (Å²) in [5, 5.41) is 3.40. The van der Waals surface area contributed by atoms with Gasteiger partial charge in [-0.25, -0.2) is 0 Å². The first-order valence-corrected chi connectivity index (χ1v) is 9.19. The van der Waals surface area contributed by atoms with E-state index in [9.17, 15) is 9.59 Å². The van der Waals surface area contributed by atoms with E-state index in [1.54, 1.807) is 0 Å². The fourth-order valence-corrected chi connectivity index (χ4v) is 3.28. The fourth-order valence-electron chi connectivity index (χ4n) is 3.28. The number of guanidine groups is 1. The van der Waals surface area contributed by atoms with E-state index in [1.165, 1.54) is 24.2 Å². The Bertz CT molecular complexity index is 608. The maximum Gasteiger partial charge on any atom is 0.229 e. The molecule has 1 aromatic rings. The molecule has 2 heterocycles. The van der Waals surface area contributed by atoms with Crippen molar-refractivity contribution in [2.45, 2.75) is 38.5 Å². The average Bonchev–Trinajstić information content (AvgIpc) is 2.65. The van der Waals surface area contributed by atoms with Gasteiger partial charge in [-0.05, 0) is 37.8 Å². The number of carbonyl (C=O) groups excluding carboxylic acids is 2. The molecule has 2 saturated heterocycles. The van der Waals surface area contributed by atoms with Gasteiger partial charge in [-0.1, -0.05) is 18.2 Å². The van der Waals surface area contributed by atoms with E-state index in [2.05, 4.69) is 10.2 Å². The molecule has 2 aliphatic heterocycles. The summed E-state index contributed by atoms with van der Waals surface area (Å²) in [5.41, 5.74) is 0.997. The smallest absolute Gasteiger partial charge is 0.229 e. The van der Waals surface area contributed by atoms with Crippen LogP contribution in [0.3, 0.4) is 0 Å². The zero-order chi connectivity index (χ0) is 17.5. The quantitative estimate of drug-likeness (QED) is 0.519. The molecule has 0 radical (unpaired) electrons. The SMILES string of the molecule is O=C1CCCC(=O)N1CCN=C(Nc1ccccc1)N1CCCCC1. The van der Waals surface area contributed by atoms with Crippen LogP contribution >= 0.6 is 0 Å². The van der Waals surface area contributed by atoms with Gasteiger partial charge < -0.3 is 10.2 Å². The van der Waals surface area contributed by atoms with Crippen molar-refractivity contribution in [3.05, 3.63) is 30.3 Å². The summed E-state index contributed by atoms with van der Waals surface area (Å²) >= 11 is 0. The van der Waals surface area contributed by atoms with Crippen molar-refractivity contribution in [3.63, 3.8) is 0 Å². The average molecular weight is 342 g/mol. The molecule has 2 fully saturated rings. The third-order valence-corrected chi connectivity index (χ3v) is 4.65. The molecule has 134 valence electrons. The van der Waals surface area contributed by atoms with E-state index in [1.807, 2.05) is 30.3 Å². The third-order valence-electron chi connectivity index (χ3n) is 4.65. The van der Waals surface area contributed by atoms with Gasteiger partial charge in [0.2, 0.25) is 11.8 Å². The second-order valence-electron chi connectivity index (χ2n) is 6.54. The number of amides is 2. The van der Waals surface area contributed by atoms with Gasteiger partial charge in [-0.2, -0.15) is 0 Å². The number of carbonyl (C=O) groups is 2. The van der Waals surface area contributed by atoms with E-state index in [0.29, 0.717) is 32.4 Å². The number of nitrogens with one attached hydrogen (secondary N) is 1. The number of imide groups is 1. The van der Waals surface area contributed by atoms with Crippen molar-refractivity contribution in [3.8, 4) is 0 Å². The summed E-state index contributed by atoms with van der Waals surface area (Å²) in [4.78, 5) is 32.1. The van der Waals surface area contributed by atoms with Crippen LogP contribution in [-0.2, 0) is 9.59 Å². The molecule has 0 aromatic heterocycles. The molecule has 6 heteroatoms. The lowest BCUT2D eigenvalue weighted by Gasteiger charge is -2.30. The summed E-state index contributed by atoms with van der Waals surface area (Å²) in [6.07, 6.45) is 5.20. The number of hydrogen-bond donors (Lipinski definition) is 1. The Balaban J connectivity index is 1.66. The van der Waals surface area contributed by atoms with Crippen LogP contribution in [0.4, 0.5) is 5.69 Å². The standard InChI is InChI=1S/C19H26N4O2/c24-17-10-7-11-18(25)23(17)15-12-20-19(22-13-5-2-6-14-22)21-16-8-3-1-4-9-16/h1,3-4,8-9H,2,5-7,10-15H2,(H,20,21). The first-order chi connectivity index (χ1) is 12.2. The number of anilines is 1. The number of para-hydroxylation sites is 1. The maximum absolute atomic E-state index is 11.9. The highest BCUT2D eigenvalue weighted by Crippen LogP contribution is 2.14. The summed E-state index contributed by atoms with van der Waals surface area (Å²) in [5.74, 6) is 0.701. The van der Waals surface area contributed by atoms with Gasteiger partial charge in [0.15, 0.2) is 5.96 Å². The normalized spacial score (nSPS) is 19.3. The van der Waals surface area contributed by atoms with E-state index in [4.69, 9.17) is 4.99 Å². The molecule has 0 saturated carbocycles. The van der Waals surface area contributed by atoms with Crippen LogP contribution in [0.25, 0.3) is 0 Å². The number of nitrogens with zero attached hydrogens (tertiary/aromatic N) is 3. The topological polar surface area (TPSA) is 65.0 Å². The van der Waals surface area contributed by atoms with Crippen molar-refractivity contribution in [1.29, 1.82) is 0 Å². The van der Waals surface area contributed by atoms with Crippen molar-refractivity contribution in [2.75, 3.05) is 31.5 Å². The molecule has 0 atom stereocenters. The van der Waals surface area contributed by atoms with Crippen molar-refractivity contribution in [1.82, 2.24) is 9.80 Å². The van der Waals surface area contributed by atoms with Crippen LogP contribution in [0, 0.1) is 0 Å². The van der Waals surface area contributed by atoms with Crippen LogP contribution in [0.1, 0.15) is 38.5 Å². The summed E-state index contributed by atoms with van der Waals surface area (Å²) in [6.45, 7) is 2.77. The molecule has 3 rings (SSSR count). The Morgan fingerprint density at radius 1 is 0.960 bits per heavy atom. The Labute approximate surface area is 148 Å². The first-order valence-electron chi connectivity index (χ1n) is 9.19. The first kappa shape index (κ1) is 17.5. The third kappa shape index (κ3) is 4.81. The molecule has 2 amide bonds. The van der Waals surface area contributed by atoms with Crippen molar-refractivity contribution in [2.24, 2.45) is 4.99 Å². The molecular formula is C19H26N4O2. The summed E-state index contributed by atoms with van der Waals surface area (Å²) in [7, 11) is 0. The Morgan fingerprint density at radius 3 is 2.32 bits per heavy atom. The number of likely N-dealkylation sites (tertiary alicyclic amines) is 2. The van der Waals surface area contributed by atoms with E-state index in [-0.39, 0.29) is 11.8 Å². The van der Waals surface area contributed by atoms with E-state index >= 15 is 0 Å². The molecule has 0 spiro atoms. The highest BCUT2D eigenvalue weighted by atomic mass is 16.2. The van der Waals surface area contributed by atoms with Crippen LogP contribution < -0.4 is 5.32 Å². The highest BCUT2D eigenvalue weighted by molar-refractivity contribution is 5.97. The van der Waals surface area contributed by atoms with Crippen molar-refractivity contribution >= 4 is 23.5 Å². The minimum absolute atomic E-state index is 0.0676. The van der Waals surface area contributed by atoms with Gasteiger partial charge in [0.25, 0.3) is 0 Å². The number of benzene rings is 1. The molecule has 25 heavy (non-hydrogen) atoms. The second kappa shape index (κ2) is 8.65. The zero-order valence-electron chi connectivity index (χ0n) is 14.6. The van der Waals surface area contributed by atoms with Gasteiger partial charge in [0, 0.05) is 38.2 Å². The summed E-state index contributed by atoms with van der Waals surface area (Å²) < 4.78 is 0. The van der Waals surface area contributed by atoms with Gasteiger partial charge in [0.05, 0.1) is 6.54 Å².